The van der Waals surface area contributed by atoms with E-state index < -0.39 is 11.9 Å². The lowest BCUT2D eigenvalue weighted by Gasteiger charge is -2.10. The molecule has 0 spiro atoms. The summed E-state index contributed by atoms with van der Waals surface area (Å²) in [5.74, 6) is -2.25. The summed E-state index contributed by atoms with van der Waals surface area (Å²) in [5, 5.41) is 10.0. The number of unbranched alkanes of at least 4 members (excludes halogenated alkanes) is 18. The highest BCUT2D eigenvalue weighted by molar-refractivity contribution is 5.94. The SMILES string of the molecule is CCCCCCCCCCCCOC(=O)c1ccc(C=Nc2ccc(C(=O)Oc3cccc(OC(=O)c4ccc(N=Cc5ccc(C(=O)OCCCCCCCCCCCC)cc5)cc4)c3C#N)cc2)cc1. The molecule has 0 aliphatic rings. The van der Waals surface area contributed by atoms with Crippen LogP contribution in [0.2, 0.25) is 0 Å². The van der Waals surface area contributed by atoms with Gasteiger partial charge < -0.3 is 18.9 Å². The van der Waals surface area contributed by atoms with Crippen molar-refractivity contribution in [3.05, 3.63) is 154 Å². The van der Waals surface area contributed by atoms with Gasteiger partial charge >= 0.3 is 23.9 Å². The van der Waals surface area contributed by atoms with Crippen LogP contribution in [-0.2, 0) is 9.47 Å². The van der Waals surface area contributed by atoms with Gasteiger partial charge in [-0.2, -0.15) is 5.26 Å². The Morgan fingerprint density at radius 2 is 0.722 bits per heavy atom. The largest absolute Gasteiger partial charge is 0.462 e. The summed E-state index contributed by atoms with van der Waals surface area (Å²) in [5.41, 5.74) is 4.00. The van der Waals surface area contributed by atoms with Gasteiger partial charge in [0, 0.05) is 12.4 Å². The van der Waals surface area contributed by atoms with E-state index in [0.717, 1.165) is 36.8 Å². The van der Waals surface area contributed by atoms with Gasteiger partial charge in [0.05, 0.1) is 46.8 Å². The van der Waals surface area contributed by atoms with Crippen LogP contribution in [-0.4, -0.2) is 49.5 Å². The summed E-state index contributed by atoms with van der Waals surface area (Å²) in [6, 6.07) is 33.3. The number of carbonyl (C=O) groups excluding carboxylic acids is 4. The Labute approximate surface area is 426 Å². The van der Waals surface area contributed by atoms with Crippen molar-refractivity contribution >= 4 is 47.7 Å². The minimum atomic E-state index is -0.717. The lowest BCUT2D eigenvalue weighted by molar-refractivity contribution is 0.0488. The number of rotatable bonds is 32. The highest BCUT2D eigenvalue weighted by Gasteiger charge is 2.19. The number of benzene rings is 5. The molecule has 0 fully saturated rings. The van der Waals surface area contributed by atoms with E-state index in [1.165, 1.54) is 121 Å². The molecule has 72 heavy (non-hydrogen) atoms. The smallest absolute Gasteiger partial charge is 0.343 e. The molecule has 0 aromatic heterocycles. The second-order valence-electron chi connectivity index (χ2n) is 18.0. The monoisotopic (exact) mass is 974 g/mol. The summed E-state index contributed by atoms with van der Waals surface area (Å²) in [7, 11) is 0. The Balaban J connectivity index is 1.02. The van der Waals surface area contributed by atoms with E-state index in [1.54, 1.807) is 109 Å². The second kappa shape index (κ2) is 32.6. The first-order chi connectivity index (χ1) is 35.3. The molecule has 5 rings (SSSR count). The third-order valence-corrected chi connectivity index (χ3v) is 12.2. The zero-order chi connectivity index (χ0) is 51.0. The minimum Gasteiger partial charge on any atom is -0.462 e. The van der Waals surface area contributed by atoms with Gasteiger partial charge in [0.2, 0.25) is 0 Å². The lowest BCUT2D eigenvalue weighted by Crippen LogP contribution is -2.12. The van der Waals surface area contributed by atoms with E-state index in [9.17, 15) is 24.4 Å². The summed E-state index contributed by atoms with van der Waals surface area (Å²) in [4.78, 5) is 60.4. The van der Waals surface area contributed by atoms with E-state index in [4.69, 9.17) is 18.9 Å². The predicted octanol–water partition coefficient (Wildman–Crippen LogP) is 15.7. The van der Waals surface area contributed by atoms with E-state index in [0.29, 0.717) is 35.7 Å². The third kappa shape index (κ3) is 20.3. The highest BCUT2D eigenvalue weighted by atomic mass is 16.6. The maximum Gasteiger partial charge on any atom is 0.343 e. The molecule has 0 bridgehead atoms. The van der Waals surface area contributed by atoms with Crippen LogP contribution in [0.15, 0.2) is 125 Å². The van der Waals surface area contributed by atoms with Crippen LogP contribution in [0.1, 0.15) is 200 Å². The number of hydrogen-bond donors (Lipinski definition) is 0. The molecule has 0 atom stereocenters. The first-order valence-electron chi connectivity index (χ1n) is 26.1. The highest BCUT2D eigenvalue weighted by Crippen LogP contribution is 2.30. The maximum absolute atomic E-state index is 13.2. The van der Waals surface area contributed by atoms with Crippen molar-refractivity contribution in [1.29, 1.82) is 5.26 Å². The Bertz CT molecular complexity index is 2360. The quantitative estimate of drug-likeness (QED) is 0.0177. The standard InChI is InChI=1S/C61H71N3O8/c1-3-5-7-9-11-13-15-17-19-21-42-69-58(65)49-30-26-47(27-31-49)45-63-53-38-34-51(35-39-53)60(67)71-56-24-23-25-57(55(56)44-62)72-61(68)52-36-40-54(41-37-52)64-46-48-28-32-50(33-29-48)59(66)70-43-22-20-18-16-14-12-10-8-6-4-2/h23-41,45-46H,3-22,42-43H2,1-2H3. The van der Waals surface area contributed by atoms with Crippen LogP contribution in [0.4, 0.5) is 11.4 Å². The fraction of sp³-hybridized carbons (Fsp3) is 0.393. The van der Waals surface area contributed by atoms with Crippen molar-refractivity contribution in [2.24, 2.45) is 9.98 Å². The average Bonchev–Trinajstić information content (AvgIpc) is 3.41. The number of nitriles is 1. The van der Waals surface area contributed by atoms with Crippen LogP contribution >= 0.6 is 0 Å². The first kappa shape index (κ1) is 55.7. The maximum atomic E-state index is 13.2. The van der Waals surface area contributed by atoms with E-state index in [1.807, 2.05) is 6.07 Å². The normalized spacial score (nSPS) is 11.1. The number of esters is 4. The summed E-state index contributed by atoms with van der Waals surface area (Å²) < 4.78 is 22.1. The van der Waals surface area contributed by atoms with Crippen LogP contribution < -0.4 is 9.47 Å². The molecule has 11 nitrogen and oxygen atoms in total. The zero-order valence-electron chi connectivity index (χ0n) is 42.3. The van der Waals surface area contributed by atoms with Crippen molar-refractivity contribution in [3.63, 3.8) is 0 Å². The molecular weight excluding hydrogens is 903 g/mol. The average molecular weight is 974 g/mol. The number of ether oxygens (including phenoxy) is 4. The molecule has 11 heteroatoms. The molecule has 0 N–H and O–H groups in total. The van der Waals surface area contributed by atoms with Gasteiger partial charge in [-0.25, -0.2) is 19.2 Å². The third-order valence-electron chi connectivity index (χ3n) is 12.2. The topological polar surface area (TPSA) is 154 Å². The Hall–Kier alpha value is -7.19. The molecule has 0 radical (unpaired) electrons. The fourth-order valence-electron chi connectivity index (χ4n) is 7.86. The lowest BCUT2D eigenvalue weighted by atomic mass is 10.1. The van der Waals surface area contributed by atoms with E-state index >= 15 is 0 Å². The van der Waals surface area contributed by atoms with Gasteiger partial charge in [-0.3, -0.25) is 9.98 Å². The molecule has 0 saturated carbocycles. The number of aliphatic imine (C=N–C) groups is 2. The minimum absolute atomic E-state index is 0.0695. The molecule has 5 aromatic carbocycles. The van der Waals surface area contributed by atoms with Crippen molar-refractivity contribution in [2.75, 3.05) is 13.2 Å². The molecule has 0 saturated heterocycles. The van der Waals surface area contributed by atoms with Gasteiger partial charge in [-0.15, -0.1) is 0 Å². The Morgan fingerprint density at radius 1 is 0.417 bits per heavy atom. The van der Waals surface area contributed by atoms with Gasteiger partial charge in [-0.05, 0) is 109 Å². The van der Waals surface area contributed by atoms with Crippen molar-refractivity contribution in [2.45, 2.75) is 142 Å². The van der Waals surface area contributed by atoms with Crippen LogP contribution in [0.3, 0.4) is 0 Å². The molecule has 0 amide bonds. The molecule has 0 unspecified atom stereocenters. The van der Waals surface area contributed by atoms with Crippen molar-refractivity contribution in [3.8, 4) is 17.6 Å². The zero-order valence-corrected chi connectivity index (χ0v) is 42.3. The molecule has 0 aliphatic heterocycles. The van der Waals surface area contributed by atoms with Crippen LogP contribution in [0.5, 0.6) is 11.5 Å². The predicted molar refractivity (Wildman–Crippen MR) is 286 cm³/mol. The van der Waals surface area contributed by atoms with Crippen LogP contribution in [0.25, 0.3) is 0 Å². The molecular formula is C61H71N3O8. The number of carbonyl (C=O) groups is 4. The van der Waals surface area contributed by atoms with E-state index in [-0.39, 0.29) is 40.1 Å². The summed E-state index contributed by atoms with van der Waals surface area (Å²) >= 11 is 0. The van der Waals surface area contributed by atoms with Crippen LogP contribution in [0, 0.1) is 11.3 Å². The molecule has 5 aromatic rings. The number of hydrogen-bond acceptors (Lipinski definition) is 11. The summed E-state index contributed by atoms with van der Waals surface area (Å²) in [6.07, 6.45) is 27.7. The molecule has 378 valence electrons. The van der Waals surface area contributed by atoms with Crippen molar-refractivity contribution < 1.29 is 38.1 Å². The van der Waals surface area contributed by atoms with Crippen molar-refractivity contribution in [1.82, 2.24) is 0 Å². The fourth-order valence-corrected chi connectivity index (χ4v) is 7.86. The van der Waals surface area contributed by atoms with Gasteiger partial charge in [0.25, 0.3) is 0 Å². The Morgan fingerprint density at radius 3 is 1.06 bits per heavy atom. The second-order valence-corrected chi connectivity index (χ2v) is 18.0. The first-order valence-corrected chi connectivity index (χ1v) is 26.1. The molecule has 0 heterocycles. The molecule has 0 aliphatic carbocycles. The Kier molecular flexibility index (Phi) is 25.3. The van der Waals surface area contributed by atoms with Gasteiger partial charge in [-0.1, -0.05) is 160 Å². The summed E-state index contributed by atoms with van der Waals surface area (Å²) in [6.45, 7) is 5.30. The van der Waals surface area contributed by atoms with Gasteiger partial charge in [0.1, 0.15) is 11.6 Å². The number of nitrogens with zero attached hydrogens (tertiary/aromatic N) is 3. The van der Waals surface area contributed by atoms with E-state index in [2.05, 4.69) is 23.8 Å². The van der Waals surface area contributed by atoms with Gasteiger partial charge in [0.15, 0.2) is 11.5 Å².